The summed E-state index contributed by atoms with van der Waals surface area (Å²) in [7, 11) is 0. The molecule has 0 aliphatic rings. The van der Waals surface area contributed by atoms with E-state index in [0.29, 0.717) is 4.88 Å². The number of rotatable bonds is 4. The molecule has 6 heteroatoms. The molecule has 0 bridgehead atoms. The van der Waals surface area contributed by atoms with Gasteiger partial charge in [-0.2, -0.15) is 0 Å². The van der Waals surface area contributed by atoms with Crippen molar-refractivity contribution in [2.45, 2.75) is 0 Å². The molecular formula is C20H15LiN2O2S. The number of thiophene rings is 1. The Kier molecular flexibility index (Phi) is 5.43. The third kappa shape index (κ3) is 3.66. The number of benzene rings is 2. The van der Waals surface area contributed by atoms with Crippen LogP contribution in [0.3, 0.4) is 0 Å². The van der Waals surface area contributed by atoms with Gasteiger partial charge in [0.1, 0.15) is 4.88 Å². The Bertz CT molecular complexity index is 1050. The summed E-state index contributed by atoms with van der Waals surface area (Å²) in [5.74, 6) is -0.917. The molecule has 0 spiro atoms. The van der Waals surface area contributed by atoms with Gasteiger partial charge in [-0.1, -0.05) is 42.5 Å². The van der Waals surface area contributed by atoms with Gasteiger partial charge in [0.15, 0.2) is 0 Å². The van der Waals surface area contributed by atoms with Crippen LogP contribution in [0.4, 0.5) is 11.4 Å². The van der Waals surface area contributed by atoms with Gasteiger partial charge in [-0.15, -0.1) is 11.3 Å². The molecule has 0 atom stereocenters. The van der Waals surface area contributed by atoms with Gasteiger partial charge in [0.2, 0.25) is 0 Å². The Morgan fingerprint density at radius 1 is 0.962 bits per heavy atom. The van der Waals surface area contributed by atoms with E-state index in [1.807, 2.05) is 30.3 Å². The Labute approximate surface area is 166 Å². The van der Waals surface area contributed by atoms with Crippen LogP contribution < -0.4 is 5.32 Å². The molecule has 26 heavy (non-hydrogen) atoms. The van der Waals surface area contributed by atoms with Crippen molar-refractivity contribution in [3.05, 3.63) is 77.9 Å². The first kappa shape index (κ1) is 18.2. The fourth-order valence-corrected chi connectivity index (χ4v) is 3.59. The number of aromatic nitrogens is 1. The van der Waals surface area contributed by atoms with E-state index in [1.165, 1.54) is 16.9 Å². The van der Waals surface area contributed by atoms with Crippen molar-refractivity contribution in [1.82, 2.24) is 4.98 Å². The van der Waals surface area contributed by atoms with Gasteiger partial charge in [-0.25, -0.2) is 4.79 Å². The first-order valence-electron chi connectivity index (χ1n) is 7.74. The van der Waals surface area contributed by atoms with Crippen molar-refractivity contribution in [2.24, 2.45) is 0 Å². The number of anilines is 2. The summed E-state index contributed by atoms with van der Waals surface area (Å²) >= 11 is 1.23. The SMILES string of the molecule is O=C(O)c1cc2c(Nc3ccc(-c4ccccc4)cc3)cncc2s1.[LiH]. The summed E-state index contributed by atoms with van der Waals surface area (Å²) in [5, 5.41) is 13.4. The average Bonchev–Trinajstić information content (AvgIpc) is 3.09. The zero-order chi connectivity index (χ0) is 17.2. The van der Waals surface area contributed by atoms with Crippen LogP contribution in [-0.4, -0.2) is 34.9 Å². The quantitative estimate of drug-likeness (QED) is 0.519. The van der Waals surface area contributed by atoms with Crippen molar-refractivity contribution in [2.75, 3.05) is 5.32 Å². The molecule has 0 saturated carbocycles. The number of carboxylic acid groups (broad SMARTS) is 1. The third-order valence-corrected chi connectivity index (χ3v) is 4.99. The number of pyridine rings is 1. The number of fused-ring (bicyclic) bond motifs is 1. The molecule has 0 amide bonds. The fraction of sp³-hybridized carbons (Fsp3) is 0. The molecule has 0 radical (unpaired) electrons. The summed E-state index contributed by atoms with van der Waals surface area (Å²) in [6, 6.07) is 20.0. The molecule has 4 aromatic rings. The Morgan fingerprint density at radius 3 is 2.35 bits per heavy atom. The van der Waals surface area contributed by atoms with Crippen molar-refractivity contribution in [3.8, 4) is 11.1 Å². The number of aromatic carboxylic acids is 1. The molecule has 4 nitrogen and oxygen atoms in total. The fourth-order valence-electron chi connectivity index (χ4n) is 2.70. The zero-order valence-electron chi connectivity index (χ0n) is 13.1. The standard InChI is InChI=1S/C20H14N2O2S.Li.H/c23-20(24)18-10-16-17(11-21-12-19(16)25-18)22-15-8-6-14(7-9-15)13-4-2-1-3-5-13;;/h1-12,22H,(H,23,24);;. The third-order valence-electron chi connectivity index (χ3n) is 3.93. The number of nitrogens with one attached hydrogen (secondary N) is 1. The Balaban J connectivity index is 0.00000196. The summed E-state index contributed by atoms with van der Waals surface area (Å²) in [5.41, 5.74) is 4.04. The molecule has 124 valence electrons. The van der Waals surface area contributed by atoms with E-state index < -0.39 is 5.97 Å². The zero-order valence-corrected chi connectivity index (χ0v) is 14.0. The van der Waals surface area contributed by atoms with Crippen LogP contribution in [-0.2, 0) is 0 Å². The maximum absolute atomic E-state index is 11.2. The number of hydrogen-bond acceptors (Lipinski definition) is 4. The second-order valence-corrected chi connectivity index (χ2v) is 6.67. The minimum atomic E-state index is -0.917. The van der Waals surface area contributed by atoms with Crippen LogP contribution in [0.25, 0.3) is 21.2 Å². The molecule has 2 aromatic carbocycles. The van der Waals surface area contributed by atoms with Gasteiger partial charge >= 0.3 is 24.8 Å². The molecule has 0 aliphatic carbocycles. The van der Waals surface area contributed by atoms with Crippen molar-refractivity contribution >= 4 is 57.6 Å². The van der Waals surface area contributed by atoms with Gasteiger partial charge in [-0.05, 0) is 29.3 Å². The molecule has 0 fully saturated rings. The summed E-state index contributed by atoms with van der Waals surface area (Å²) in [4.78, 5) is 15.7. The van der Waals surface area contributed by atoms with Crippen LogP contribution in [0, 0.1) is 0 Å². The van der Waals surface area contributed by atoms with Crippen molar-refractivity contribution < 1.29 is 9.90 Å². The van der Waals surface area contributed by atoms with E-state index in [4.69, 9.17) is 0 Å². The van der Waals surface area contributed by atoms with Gasteiger partial charge in [0, 0.05) is 17.3 Å². The van der Waals surface area contributed by atoms with Crippen LogP contribution in [0.1, 0.15) is 9.67 Å². The van der Waals surface area contributed by atoms with Gasteiger partial charge < -0.3 is 10.4 Å². The number of carbonyl (C=O) groups is 1. The second-order valence-electron chi connectivity index (χ2n) is 5.58. The van der Waals surface area contributed by atoms with Crippen molar-refractivity contribution in [1.29, 1.82) is 0 Å². The predicted molar refractivity (Wildman–Crippen MR) is 109 cm³/mol. The molecular weight excluding hydrogens is 339 g/mol. The Hall–Kier alpha value is -2.58. The van der Waals surface area contributed by atoms with Gasteiger partial charge in [0.05, 0.1) is 16.6 Å². The molecule has 4 rings (SSSR count). The summed E-state index contributed by atoms with van der Waals surface area (Å²) < 4.78 is 0.850. The number of carboxylic acids is 1. The van der Waals surface area contributed by atoms with E-state index in [2.05, 4.69) is 34.6 Å². The van der Waals surface area contributed by atoms with Gasteiger partial charge in [0.25, 0.3) is 0 Å². The second kappa shape index (κ2) is 7.75. The maximum atomic E-state index is 11.2. The van der Waals surface area contributed by atoms with E-state index in [9.17, 15) is 9.90 Å². The molecule has 0 unspecified atom stereocenters. The molecule has 0 aliphatic heterocycles. The number of nitrogens with zero attached hydrogens (tertiary/aromatic N) is 1. The summed E-state index contributed by atoms with van der Waals surface area (Å²) in [6.07, 6.45) is 3.40. The van der Waals surface area contributed by atoms with E-state index in [0.717, 1.165) is 27.0 Å². The van der Waals surface area contributed by atoms with Crippen LogP contribution in [0.2, 0.25) is 0 Å². The van der Waals surface area contributed by atoms with Crippen molar-refractivity contribution in [3.63, 3.8) is 0 Å². The molecule has 2 N–H and O–H groups in total. The number of hydrogen-bond donors (Lipinski definition) is 2. The first-order valence-corrected chi connectivity index (χ1v) is 8.56. The summed E-state index contributed by atoms with van der Waals surface area (Å²) in [6.45, 7) is 0. The molecule has 2 heterocycles. The predicted octanol–water partition coefficient (Wildman–Crippen LogP) is 4.76. The molecule has 2 aromatic heterocycles. The minimum absolute atomic E-state index is 0. The van der Waals surface area contributed by atoms with E-state index in [-0.39, 0.29) is 18.9 Å². The Morgan fingerprint density at radius 2 is 1.65 bits per heavy atom. The monoisotopic (exact) mass is 354 g/mol. The normalized spacial score (nSPS) is 10.3. The first-order chi connectivity index (χ1) is 12.2. The van der Waals surface area contributed by atoms with E-state index >= 15 is 0 Å². The van der Waals surface area contributed by atoms with Crippen LogP contribution in [0.15, 0.2) is 73.1 Å². The average molecular weight is 354 g/mol. The van der Waals surface area contributed by atoms with Crippen LogP contribution in [0.5, 0.6) is 0 Å². The molecule has 0 saturated heterocycles. The van der Waals surface area contributed by atoms with Gasteiger partial charge in [-0.3, -0.25) is 4.98 Å². The van der Waals surface area contributed by atoms with E-state index in [1.54, 1.807) is 18.5 Å². The van der Waals surface area contributed by atoms with Crippen LogP contribution >= 0.6 is 11.3 Å². The topological polar surface area (TPSA) is 62.2 Å².